The van der Waals surface area contributed by atoms with Gasteiger partial charge < -0.3 is 38.7 Å². The number of hydrogen-bond acceptors (Lipinski definition) is 1. The molecule has 0 aromatic carbocycles. The van der Waals surface area contributed by atoms with E-state index in [0.29, 0.717) is 5.41 Å². The first-order valence-corrected chi connectivity index (χ1v) is 5.96. The summed E-state index contributed by atoms with van der Waals surface area (Å²) in [5, 5.41) is 0. The summed E-state index contributed by atoms with van der Waals surface area (Å²) in [4.78, 5) is 0. The fourth-order valence-corrected chi connectivity index (χ4v) is 2.48. The molecule has 1 aliphatic heterocycles. The Balaban J connectivity index is 0. The standard InChI is InChI=1S/C14H22O.2BrH.Mg/c1-11-6-5-8-13(2,3)12(11)7-9-14(4)10-15-14;;;/h7,9H,5-6,8,10H2,1-4H3;2*1H;/q;;;+2/p-2. The smallest absolute Gasteiger partial charge is 1.00 e. The van der Waals surface area contributed by atoms with Gasteiger partial charge in [-0.2, -0.15) is 0 Å². The molecule has 1 nitrogen and oxygen atoms in total. The molecule has 2 aliphatic rings. The Hall–Kier alpha value is 1.17. The summed E-state index contributed by atoms with van der Waals surface area (Å²) in [6.45, 7) is 10.0. The maximum Gasteiger partial charge on any atom is 2.00 e. The van der Waals surface area contributed by atoms with E-state index in [4.69, 9.17) is 4.74 Å². The predicted molar refractivity (Wildman–Crippen MR) is 69.6 cm³/mol. The van der Waals surface area contributed by atoms with Gasteiger partial charge in [-0.15, -0.1) is 0 Å². The second-order valence-electron chi connectivity index (χ2n) is 5.87. The Morgan fingerprint density at radius 1 is 1.17 bits per heavy atom. The first kappa shape index (κ1) is 21.5. The van der Waals surface area contributed by atoms with E-state index in [1.807, 2.05) is 0 Å². The summed E-state index contributed by atoms with van der Waals surface area (Å²) in [6, 6.07) is 0. The van der Waals surface area contributed by atoms with E-state index in [9.17, 15) is 0 Å². The monoisotopic (exact) mass is 388 g/mol. The second kappa shape index (κ2) is 7.82. The van der Waals surface area contributed by atoms with E-state index in [1.54, 1.807) is 5.57 Å². The Morgan fingerprint density at radius 3 is 2.17 bits per heavy atom. The number of allylic oxidation sites excluding steroid dienone is 3. The maximum atomic E-state index is 5.38. The van der Waals surface area contributed by atoms with E-state index in [-0.39, 0.29) is 62.6 Å². The van der Waals surface area contributed by atoms with Crippen molar-refractivity contribution in [1.82, 2.24) is 0 Å². The van der Waals surface area contributed by atoms with Crippen molar-refractivity contribution >= 4 is 23.1 Å². The molecule has 0 N–H and O–H groups in total. The molecule has 0 aromatic heterocycles. The van der Waals surface area contributed by atoms with Crippen LogP contribution < -0.4 is 34.0 Å². The van der Waals surface area contributed by atoms with Crippen LogP contribution in [-0.2, 0) is 4.74 Å². The van der Waals surface area contributed by atoms with Crippen LogP contribution in [0.2, 0.25) is 0 Å². The molecule has 1 unspecified atom stereocenters. The summed E-state index contributed by atoms with van der Waals surface area (Å²) in [6.07, 6.45) is 8.45. The normalized spacial score (nSPS) is 29.1. The quantitative estimate of drug-likeness (QED) is 0.375. The SMILES string of the molecule is CC1=C(C=CC2(C)CO2)C(C)(C)CCC1.[Br-].[Br-].[Mg+2]. The fraction of sp³-hybridized carbons (Fsp3) is 0.714. The summed E-state index contributed by atoms with van der Waals surface area (Å²) in [5.74, 6) is 0. The Bertz CT molecular complexity index is 331. The molecular formula is C14H22Br2MgO. The van der Waals surface area contributed by atoms with Crippen LogP contribution in [0.5, 0.6) is 0 Å². The number of epoxide rings is 1. The molecule has 0 spiro atoms. The molecule has 0 bridgehead atoms. The van der Waals surface area contributed by atoms with Crippen molar-refractivity contribution in [2.24, 2.45) is 5.41 Å². The molecule has 1 saturated heterocycles. The van der Waals surface area contributed by atoms with Gasteiger partial charge in [-0.1, -0.05) is 31.6 Å². The van der Waals surface area contributed by atoms with Gasteiger partial charge in [0, 0.05) is 0 Å². The molecule has 0 aromatic rings. The minimum absolute atomic E-state index is 0. The largest absolute Gasteiger partial charge is 2.00 e. The summed E-state index contributed by atoms with van der Waals surface area (Å²) in [5.41, 5.74) is 3.49. The van der Waals surface area contributed by atoms with Crippen molar-refractivity contribution in [2.45, 2.75) is 52.6 Å². The average molecular weight is 390 g/mol. The topological polar surface area (TPSA) is 12.5 Å². The van der Waals surface area contributed by atoms with Crippen LogP contribution in [-0.4, -0.2) is 35.3 Å². The molecule has 0 amide bonds. The van der Waals surface area contributed by atoms with Gasteiger partial charge in [0.25, 0.3) is 0 Å². The molecule has 2 rings (SSSR count). The molecule has 100 valence electrons. The second-order valence-corrected chi connectivity index (χ2v) is 5.87. The van der Waals surface area contributed by atoms with Crippen LogP contribution in [0, 0.1) is 5.41 Å². The number of halogens is 2. The van der Waals surface area contributed by atoms with Gasteiger partial charge in [-0.05, 0) is 44.1 Å². The summed E-state index contributed by atoms with van der Waals surface area (Å²) in [7, 11) is 0. The maximum absolute atomic E-state index is 5.38. The van der Waals surface area contributed by atoms with Gasteiger partial charge in [0.2, 0.25) is 0 Å². The number of ether oxygens (including phenoxy) is 1. The number of rotatable bonds is 2. The van der Waals surface area contributed by atoms with Gasteiger partial charge in [-0.3, -0.25) is 0 Å². The number of hydrogen-bond donors (Lipinski definition) is 0. The molecule has 18 heavy (non-hydrogen) atoms. The van der Waals surface area contributed by atoms with E-state index in [1.165, 1.54) is 24.8 Å². The van der Waals surface area contributed by atoms with E-state index in [0.717, 1.165) is 6.61 Å². The first-order valence-electron chi connectivity index (χ1n) is 5.96. The molecule has 1 heterocycles. The van der Waals surface area contributed by atoms with E-state index < -0.39 is 0 Å². The third-order valence-corrected chi connectivity index (χ3v) is 3.74. The zero-order chi connectivity index (χ0) is 11.1. The Kier molecular flexibility index (Phi) is 9.32. The van der Waals surface area contributed by atoms with Crippen LogP contribution in [0.3, 0.4) is 0 Å². The first-order chi connectivity index (χ1) is 6.93. The molecule has 1 aliphatic carbocycles. The molecular weight excluding hydrogens is 368 g/mol. The average Bonchev–Trinajstić information content (AvgIpc) is 2.82. The van der Waals surface area contributed by atoms with E-state index in [2.05, 4.69) is 39.8 Å². The van der Waals surface area contributed by atoms with Crippen molar-refractivity contribution in [3.63, 3.8) is 0 Å². The molecule has 0 radical (unpaired) electrons. The van der Waals surface area contributed by atoms with Crippen molar-refractivity contribution in [3.8, 4) is 0 Å². The van der Waals surface area contributed by atoms with Crippen LogP contribution in [0.15, 0.2) is 23.3 Å². The Labute approximate surface area is 149 Å². The van der Waals surface area contributed by atoms with Crippen molar-refractivity contribution in [1.29, 1.82) is 0 Å². The van der Waals surface area contributed by atoms with Crippen molar-refractivity contribution in [3.05, 3.63) is 23.3 Å². The van der Waals surface area contributed by atoms with Crippen LogP contribution >= 0.6 is 0 Å². The van der Waals surface area contributed by atoms with Gasteiger partial charge in [0.1, 0.15) is 5.60 Å². The van der Waals surface area contributed by atoms with Gasteiger partial charge >= 0.3 is 23.1 Å². The molecule has 1 atom stereocenters. The fourth-order valence-electron chi connectivity index (χ4n) is 2.48. The molecule has 1 fully saturated rings. The molecule has 4 heteroatoms. The summed E-state index contributed by atoms with van der Waals surface area (Å²) >= 11 is 0. The summed E-state index contributed by atoms with van der Waals surface area (Å²) < 4.78 is 5.38. The van der Waals surface area contributed by atoms with Gasteiger partial charge in [0.15, 0.2) is 0 Å². The van der Waals surface area contributed by atoms with Gasteiger partial charge in [-0.25, -0.2) is 0 Å². The van der Waals surface area contributed by atoms with Crippen molar-refractivity contribution < 1.29 is 38.7 Å². The van der Waals surface area contributed by atoms with E-state index >= 15 is 0 Å². The van der Waals surface area contributed by atoms with Gasteiger partial charge in [0.05, 0.1) is 6.61 Å². The third-order valence-electron chi connectivity index (χ3n) is 3.74. The third kappa shape index (κ3) is 5.27. The van der Waals surface area contributed by atoms with Crippen LogP contribution in [0.1, 0.15) is 47.0 Å². The Morgan fingerprint density at radius 2 is 1.72 bits per heavy atom. The molecule has 0 saturated carbocycles. The predicted octanol–water partition coefficient (Wildman–Crippen LogP) is -2.51. The van der Waals surface area contributed by atoms with Crippen molar-refractivity contribution in [2.75, 3.05) is 6.61 Å². The zero-order valence-electron chi connectivity index (χ0n) is 11.9. The zero-order valence-corrected chi connectivity index (χ0v) is 16.4. The minimum atomic E-state index is 0. The minimum Gasteiger partial charge on any atom is -1.00 e. The van der Waals surface area contributed by atoms with Crippen LogP contribution in [0.4, 0.5) is 0 Å². The van der Waals surface area contributed by atoms with Crippen LogP contribution in [0.25, 0.3) is 0 Å².